The van der Waals surface area contributed by atoms with Gasteiger partial charge in [0.2, 0.25) is 5.91 Å². The number of ether oxygens (including phenoxy) is 2. The van der Waals surface area contributed by atoms with Crippen molar-refractivity contribution in [3.8, 4) is 11.1 Å². The van der Waals surface area contributed by atoms with Gasteiger partial charge in [-0.1, -0.05) is 48.5 Å². The fourth-order valence-electron chi connectivity index (χ4n) is 5.55. The molecular formula is C38H50N4O5. The number of carbonyl (C=O) groups excluding carboxylic acids is 3. The van der Waals surface area contributed by atoms with Gasteiger partial charge in [0.25, 0.3) is 0 Å². The van der Waals surface area contributed by atoms with Gasteiger partial charge in [0.15, 0.2) is 0 Å². The Labute approximate surface area is 279 Å². The molecule has 1 heterocycles. The Morgan fingerprint density at radius 3 is 2.19 bits per heavy atom. The first-order valence-electron chi connectivity index (χ1n) is 16.6. The smallest absolute Gasteiger partial charge is 0.411 e. The van der Waals surface area contributed by atoms with Crippen LogP contribution in [0.25, 0.3) is 11.1 Å². The van der Waals surface area contributed by atoms with Crippen LogP contribution in [0.2, 0.25) is 0 Å². The standard InChI is InChI=1S/C38H50N4O5/c1-38(2,3)47-36(44)30-18-20-31(21-19-30)40(4)24-12-11-17-35(43)41(5)27-28-42-25-22-32(23-26-42)46-37(45)39-34-16-10-9-15-33(34)29-13-7-6-8-14-29/h6-10,13-16,18-21,32H,11-12,17,22-28H2,1-5H3,(H,39,45). The topological polar surface area (TPSA) is 91.4 Å². The molecule has 3 aromatic rings. The predicted molar refractivity (Wildman–Crippen MR) is 188 cm³/mol. The van der Waals surface area contributed by atoms with E-state index in [0.717, 1.165) is 74.4 Å². The maximum absolute atomic E-state index is 12.8. The Bertz CT molecular complexity index is 1450. The molecule has 1 aliphatic rings. The average Bonchev–Trinajstić information content (AvgIpc) is 3.06. The molecule has 0 saturated carbocycles. The number of hydrogen-bond acceptors (Lipinski definition) is 7. The van der Waals surface area contributed by atoms with E-state index < -0.39 is 11.7 Å². The highest BCUT2D eigenvalue weighted by atomic mass is 16.6. The van der Waals surface area contributed by atoms with Crippen LogP contribution < -0.4 is 10.2 Å². The lowest BCUT2D eigenvalue weighted by Crippen LogP contribution is -2.42. The van der Waals surface area contributed by atoms with Crippen LogP contribution in [0.5, 0.6) is 0 Å². The zero-order valence-corrected chi connectivity index (χ0v) is 28.5. The number of rotatable bonds is 13. The number of likely N-dealkylation sites (tertiary alicyclic amines) is 1. The van der Waals surface area contributed by atoms with Crippen LogP contribution in [0.3, 0.4) is 0 Å². The third-order valence-corrected chi connectivity index (χ3v) is 8.31. The zero-order chi connectivity index (χ0) is 33.8. The highest BCUT2D eigenvalue weighted by Crippen LogP contribution is 2.28. The lowest BCUT2D eigenvalue weighted by atomic mass is 10.0. The van der Waals surface area contributed by atoms with E-state index in [-0.39, 0.29) is 18.0 Å². The van der Waals surface area contributed by atoms with E-state index in [0.29, 0.717) is 18.5 Å². The number of amides is 2. The van der Waals surface area contributed by atoms with Crippen LogP contribution in [0, 0.1) is 0 Å². The van der Waals surface area contributed by atoms with Gasteiger partial charge in [-0.2, -0.15) is 0 Å². The molecule has 252 valence electrons. The number of nitrogens with zero attached hydrogens (tertiary/aromatic N) is 3. The van der Waals surface area contributed by atoms with Crippen LogP contribution >= 0.6 is 0 Å². The van der Waals surface area contributed by atoms with Crippen molar-refractivity contribution in [2.45, 2.75) is 64.6 Å². The second-order valence-corrected chi connectivity index (χ2v) is 13.2. The number of benzene rings is 3. The van der Waals surface area contributed by atoms with Gasteiger partial charge in [0, 0.05) is 64.5 Å². The minimum Gasteiger partial charge on any atom is -0.456 e. The van der Waals surface area contributed by atoms with Gasteiger partial charge in [0.05, 0.1) is 11.3 Å². The van der Waals surface area contributed by atoms with Crippen LogP contribution in [0.4, 0.5) is 16.2 Å². The fourth-order valence-corrected chi connectivity index (χ4v) is 5.55. The van der Waals surface area contributed by atoms with Gasteiger partial charge in [-0.05, 0) is 82.3 Å². The van der Waals surface area contributed by atoms with Gasteiger partial charge < -0.3 is 24.2 Å². The molecule has 0 unspecified atom stereocenters. The summed E-state index contributed by atoms with van der Waals surface area (Å²) in [6.45, 7) is 9.50. The number of likely N-dealkylation sites (N-methyl/N-ethyl adjacent to an activating group) is 1. The van der Waals surface area contributed by atoms with Crippen molar-refractivity contribution in [2.24, 2.45) is 0 Å². The first-order valence-corrected chi connectivity index (χ1v) is 16.6. The Hall–Kier alpha value is -4.37. The van der Waals surface area contributed by atoms with Crippen molar-refractivity contribution in [3.63, 3.8) is 0 Å². The number of anilines is 2. The first kappa shape index (κ1) is 35.5. The summed E-state index contributed by atoms with van der Waals surface area (Å²) in [5.74, 6) is -0.172. The molecule has 1 saturated heterocycles. The Kier molecular flexibility index (Phi) is 12.8. The monoisotopic (exact) mass is 642 g/mol. The van der Waals surface area contributed by atoms with Gasteiger partial charge >= 0.3 is 12.1 Å². The van der Waals surface area contributed by atoms with Crippen LogP contribution in [-0.4, -0.2) is 86.3 Å². The molecule has 1 aliphatic heterocycles. The molecule has 0 radical (unpaired) electrons. The van der Waals surface area contributed by atoms with E-state index in [1.54, 1.807) is 12.1 Å². The molecule has 0 bridgehead atoms. The first-order chi connectivity index (χ1) is 22.5. The van der Waals surface area contributed by atoms with Gasteiger partial charge in [0.1, 0.15) is 11.7 Å². The molecule has 2 amide bonds. The summed E-state index contributed by atoms with van der Waals surface area (Å²) in [7, 11) is 3.89. The van der Waals surface area contributed by atoms with Crippen molar-refractivity contribution >= 4 is 29.3 Å². The zero-order valence-electron chi connectivity index (χ0n) is 28.5. The van der Waals surface area contributed by atoms with Crippen molar-refractivity contribution < 1.29 is 23.9 Å². The normalized spacial score (nSPS) is 13.9. The highest BCUT2D eigenvalue weighted by molar-refractivity contribution is 5.91. The van der Waals surface area contributed by atoms with Crippen LogP contribution in [-0.2, 0) is 14.3 Å². The van der Waals surface area contributed by atoms with E-state index in [1.807, 2.05) is 106 Å². The summed E-state index contributed by atoms with van der Waals surface area (Å²) in [4.78, 5) is 44.0. The lowest BCUT2D eigenvalue weighted by molar-refractivity contribution is -0.130. The second-order valence-electron chi connectivity index (χ2n) is 13.2. The second kappa shape index (κ2) is 17.0. The molecule has 1 N–H and O–H groups in total. The number of unbranched alkanes of at least 4 members (excludes halogenated alkanes) is 1. The average molecular weight is 643 g/mol. The summed E-state index contributed by atoms with van der Waals surface area (Å²) >= 11 is 0. The molecule has 1 fully saturated rings. The minimum atomic E-state index is -0.525. The Morgan fingerprint density at radius 2 is 1.51 bits per heavy atom. The van der Waals surface area contributed by atoms with Gasteiger partial charge in [-0.25, -0.2) is 9.59 Å². The Balaban J connectivity index is 1.09. The summed E-state index contributed by atoms with van der Waals surface area (Å²) in [6, 6.07) is 25.1. The molecule has 0 aromatic heterocycles. The van der Waals surface area contributed by atoms with Gasteiger partial charge in [-0.15, -0.1) is 0 Å². The van der Waals surface area contributed by atoms with Crippen molar-refractivity contribution in [1.29, 1.82) is 0 Å². The minimum absolute atomic E-state index is 0.129. The number of carbonyl (C=O) groups is 3. The van der Waals surface area contributed by atoms with Crippen LogP contribution in [0.15, 0.2) is 78.9 Å². The summed E-state index contributed by atoms with van der Waals surface area (Å²) < 4.78 is 11.2. The third-order valence-electron chi connectivity index (χ3n) is 8.31. The van der Waals surface area contributed by atoms with Crippen LogP contribution in [0.1, 0.15) is 63.2 Å². The molecule has 9 heteroatoms. The van der Waals surface area contributed by atoms with E-state index >= 15 is 0 Å². The third kappa shape index (κ3) is 11.4. The van der Waals surface area contributed by atoms with Gasteiger partial charge in [-0.3, -0.25) is 10.1 Å². The number of esters is 1. The largest absolute Gasteiger partial charge is 0.456 e. The lowest BCUT2D eigenvalue weighted by Gasteiger charge is -2.32. The number of hydrogen-bond donors (Lipinski definition) is 1. The van der Waals surface area contributed by atoms with Crippen molar-refractivity contribution in [2.75, 3.05) is 57.0 Å². The number of piperidine rings is 1. The molecule has 0 atom stereocenters. The quantitative estimate of drug-likeness (QED) is 0.157. The van der Waals surface area contributed by atoms with E-state index in [9.17, 15) is 14.4 Å². The predicted octanol–water partition coefficient (Wildman–Crippen LogP) is 7.09. The molecular weight excluding hydrogens is 592 g/mol. The van der Waals surface area contributed by atoms with Crippen molar-refractivity contribution in [3.05, 3.63) is 84.4 Å². The summed E-state index contributed by atoms with van der Waals surface area (Å²) in [5, 5.41) is 2.93. The molecule has 0 aliphatic carbocycles. The van der Waals surface area contributed by atoms with E-state index in [4.69, 9.17) is 9.47 Å². The molecule has 3 aromatic carbocycles. The number of para-hydroxylation sites is 1. The maximum atomic E-state index is 12.8. The molecule has 4 rings (SSSR count). The Morgan fingerprint density at radius 1 is 0.851 bits per heavy atom. The number of nitrogens with one attached hydrogen (secondary N) is 1. The van der Waals surface area contributed by atoms with E-state index in [2.05, 4.69) is 15.1 Å². The van der Waals surface area contributed by atoms with E-state index in [1.165, 1.54) is 0 Å². The van der Waals surface area contributed by atoms with Crippen molar-refractivity contribution in [1.82, 2.24) is 9.80 Å². The maximum Gasteiger partial charge on any atom is 0.411 e. The SMILES string of the molecule is CN(CCN1CCC(OC(=O)Nc2ccccc2-c2ccccc2)CC1)C(=O)CCCCN(C)c1ccc(C(=O)OC(C)(C)C)cc1. The summed E-state index contributed by atoms with van der Waals surface area (Å²) in [5.41, 5.74) is 3.75. The summed E-state index contributed by atoms with van der Waals surface area (Å²) in [6.07, 6.45) is 3.19. The molecule has 47 heavy (non-hydrogen) atoms. The fraction of sp³-hybridized carbons (Fsp3) is 0.447. The molecule has 9 nitrogen and oxygen atoms in total. The highest BCUT2D eigenvalue weighted by Gasteiger charge is 2.23. The molecule has 0 spiro atoms.